The summed E-state index contributed by atoms with van der Waals surface area (Å²) in [6.45, 7) is 0.732. The maximum Gasteiger partial charge on any atom is 0.233 e. The predicted octanol–water partition coefficient (Wildman–Crippen LogP) is 1.52. The lowest BCUT2D eigenvalue weighted by Crippen LogP contribution is -2.18. The Balaban J connectivity index is 2.11. The minimum Gasteiger partial charge on any atom is -0.480 e. The summed E-state index contributed by atoms with van der Waals surface area (Å²) in [6.07, 6.45) is 6.89. The Hall–Kier alpha value is -2.17. The molecular weight excluding hydrogens is 216 g/mol. The van der Waals surface area contributed by atoms with Gasteiger partial charge in [-0.15, -0.1) is 0 Å². The van der Waals surface area contributed by atoms with Crippen LogP contribution in [0.4, 0.5) is 5.82 Å². The molecule has 5 heteroatoms. The molecule has 0 spiro atoms. The topological polar surface area (TPSA) is 51.1 Å². The molecule has 0 aromatic carbocycles. The summed E-state index contributed by atoms with van der Waals surface area (Å²) in [5.41, 5.74) is 1.12. The van der Waals surface area contributed by atoms with Gasteiger partial charge in [-0.3, -0.25) is 9.97 Å². The number of ether oxygens (including phenoxy) is 1. The van der Waals surface area contributed by atoms with Gasteiger partial charge in [0.25, 0.3) is 0 Å². The van der Waals surface area contributed by atoms with E-state index in [-0.39, 0.29) is 0 Å². The maximum atomic E-state index is 5.04. The lowest BCUT2D eigenvalue weighted by atomic mass is 10.3. The second-order valence-electron chi connectivity index (χ2n) is 3.64. The number of aromatic nitrogens is 3. The fourth-order valence-electron chi connectivity index (χ4n) is 1.47. The van der Waals surface area contributed by atoms with Crippen molar-refractivity contribution < 1.29 is 4.74 Å². The van der Waals surface area contributed by atoms with E-state index < -0.39 is 0 Å². The lowest BCUT2D eigenvalue weighted by Gasteiger charge is -2.17. The average molecular weight is 230 g/mol. The standard InChI is InChI=1S/C12H14N4O/c1-16(9-10-4-3-5-13-6-10)11-7-14-8-12(15-11)17-2/h3-8H,9H2,1-2H3. The molecule has 0 aliphatic rings. The van der Waals surface area contributed by atoms with E-state index in [1.165, 1.54) is 0 Å². The molecule has 5 nitrogen and oxygen atoms in total. The Morgan fingerprint density at radius 2 is 2.12 bits per heavy atom. The summed E-state index contributed by atoms with van der Waals surface area (Å²) in [5, 5.41) is 0. The molecule has 0 fully saturated rings. The largest absolute Gasteiger partial charge is 0.480 e. The van der Waals surface area contributed by atoms with Gasteiger partial charge < -0.3 is 9.64 Å². The molecule has 2 rings (SSSR count). The number of rotatable bonds is 4. The van der Waals surface area contributed by atoms with Crippen LogP contribution in [0.2, 0.25) is 0 Å². The molecule has 2 aromatic rings. The van der Waals surface area contributed by atoms with Gasteiger partial charge in [-0.2, -0.15) is 4.98 Å². The Morgan fingerprint density at radius 1 is 1.24 bits per heavy atom. The van der Waals surface area contributed by atoms with Crippen molar-refractivity contribution in [1.82, 2.24) is 15.0 Å². The summed E-state index contributed by atoms with van der Waals surface area (Å²) >= 11 is 0. The molecule has 0 bridgehead atoms. The third kappa shape index (κ3) is 2.90. The highest BCUT2D eigenvalue weighted by molar-refractivity contribution is 5.37. The van der Waals surface area contributed by atoms with Crippen LogP contribution in [0.3, 0.4) is 0 Å². The van der Waals surface area contributed by atoms with E-state index in [1.807, 2.05) is 30.3 Å². The molecule has 0 radical (unpaired) electrons. The third-order valence-electron chi connectivity index (χ3n) is 2.34. The minimum absolute atomic E-state index is 0.514. The van der Waals surface area contributed by atoms with Gasteiger partial charge in [-0.05, 0) is 11.6 Å². The molecule has 2 aromatic heterocycles. The smallest absolute Gasteiger partial charge is 0.233 e. The second-order valence-corrected chi connectivity index (χ2v) is 3.64. The highest BCUT2D eigenvalue weighted by atomic mass is 16.5. The zero-order chi connectivity index (χ0) is 12.1. The average Bonchev–Trinajstić information content (AvgIpc) is 2.40. The number of anilines is 1. The first-order chi connectivity index (χ1) is 8.29. The van der Waals surface area contributed by atoms with Crippen molar-refractivity contribution in [2.24, 2.45) is 0 Å². The molecular formula is C12H14N4O. The maximum absolute atomic E-state index is 5.04. The number of hydrogen-bond acceptors (Lipinski definition) is 5. The third-order valence-corrected chi connectivity index (χ3v) is 2.34. The Morgan fingerprint density at radius 3 is 2.82 bits per heavy atom. The summed E-state index contributed by atoms with van der Waals surface area (Å²) in [5.74, 6) is 1.29. The van der Waals surface area contributed by atoms with Crippen LogP contribution in [0.5, 0.6) is 5.88 Å². The zero-order valence-corrected chi connectivity index (χ0v) is 9.87. The fourth-order valence-corrected chi connectivity index (χ4v) is 1.47. The Bertz CT molecular complexity index is 475. The molecule has 0 aliphatic heterocycles. The molecule has 0 amide bonds. The van der Waals surface area contributed by atoms with Crippen LogP contribution < -0.4 is 9.64 Å². The number of nitrogens with zero attached hydrogens (tertiary/aromatic N) is 4. The van der Waals surface area contributed by atoms with Gasteiger partial charge in [0.15, 0.2) is 5.82 Å². The van der Waals surface area contributed by atoms with Crippen molar-refractivity contribution in [3.05, 3.63) is 42.5 Å². The molecule has 0 saturated carbocycles. The molecule has 0 unspecified atom stereocenters. The fraction of sp³-hybridized carbons (Fsp3) is 0.250. The van der Waals surface area contributed by atoms with Crippen LogP contribution in [0.1, 0.15) is 5.56 Å². The zero-order valence-electron chi connectivity index (χ0n) is 9.87. The Labute approximate surface area is 100 Å². The molecule has 2 heterocycles. The van der Waals surface area contributed by atoms with E-state index in [0.717, 1.165) is 17.9 Å². The molecule has 88 valence electrons. The summed E-state index contributed by atoms with van der Waals surface area (Å²) in [7, 11) is 3.53. The van der Waals surface area contributed by atoms with Crippen molar-refractivity contribution in [1.29, 1.82) is 0 Å². The van der Waals surface area contributed by atoms with E-state index in [1.54, 1.807) is 25.7 Å². The predicted molar refractivity (Wildman–Crippen MR) is 64.9 cm³/mol. The molecule has 17 heavy (non-hydrogen) atoms. The first kappa shape index (κ1) is 11.3. The van der Waals surface area contributed by atoms with E-state index in [0.29, 0.717) is 5.88 Å². The quantitative estimate of drug-likeness (QED) is 0.797. The number of hydrogen-bond donors (Lipinski definition) is 0. The van der Waals surface area contributed by atoms with Crippen LogP contribution in [0.25, 0.3) is 0 Å². The van der Waals surface area contributed by atoms with Gasteiger partial charge in [0, 0.05) is 26.0 Å². The summed E-state index contributed by atoms with van der Waals surface area (Å²) in [6, 6.07) is 3.94. The summed E-state index contributed by atoms with van der Waals surface area (Å²) < 4.78 is 5.04. The van der Waals surface area contributed by atoms with Gasteiger partial charge in [0.2, 0.25) is 5.88 Å². The van der Waals surface area contributed by atoms with Crippen molar-refractivity contribution in [3.8, 4) is 5.88 Å². The number of methoxy groups -OCH3 is 1. The molecule has 0 aliphatic carbocycles. The van der Waals surface area contributed by atoms with Crippen LogP contribution >= 0.6 is 0 Å². The van der Waals surface area contributed by atoms with Crippen LogP contribution in [-0.4, -0.2) is 29.1 Å². The number of pyridine rings is 1. The van der Waals surface area contributed by atoms with E-state index >= 15 is 0 Å². The van der Waals surface area contributed by atoms with E-state index in [9.17, 15) is 0 Å². The molecule has 0 atom stereocenters. The van der Waals surface area contributed by atoms with Gasteiger partial charge in [0.1, 0.15) is 0 Å². The van der Waals surface area contributed by atoms with Crippen molar-refractivity contribution in [3.63, 3.8) is 0 Å². The Kier molecular flexibility index (Phi) is 3.49. The second kappa shape index (κ2) is 5.25. The first-order valence-corrected chi connectivity index (χ1v) is 5.25. The first-order valence-electron chi connectivity index (χ1n) is 5.25. The van der Waals surface area contributed by atoms with Gasteiger partial charge in [-0.1, -0.05) is 6.07 Å². The van der Waals surface area contributed by atoms with Crippen molar-refractivity contribution in [2.75, 3.05) is 19.1 Å². The van der Waals surface area contributed by atoms with E-state index in [4.69, 9.17) is 4.74 Å². The van der Waals surface area contributed by atoms with Gasteiger partial charge in [-0.25, -0.2) is 0 Å². The lowest BCUT2D eigenvalue weighted by molar-refractivity contribution is 0.395. The minimum atomic E-state index is 0.514. The van der Waals surface area contributed by atoms with Crippen LogP contribution in [0, 0.1) is 0 Å². The van der Waals surface area contributed by atoms with Crippen molar-refractivity contribution in [2.45, 2.75) is 6.54 Å². The normalized spacial score (nSPS) is 10.0. The van der Waals surface area contributed by atoms with E-state index in [2.05, 4.69) is 15.0 Å². The van der Waals surface area contributed by atoms with Gasteiger partial charge in [0.05, 0.1) is 19.5 Å². The van der Waals surface area contributed by atoms with Crippen LogP contribution in [-0.2, 0) is 6.54 Å². The summed E-state index contributed by atoms with van der Waals surface area (Å²) in [4.78, 5) is 14.5. The van der Waals surface area contributed by atoms with Crippen LogP contribution in [0.15, 0.2) is 36.9 Å². The molecule has 0 saturated heterocycles. The highest BCUT2D eigenvalue weighted by Crippen LogP contribution is 2.14. The molecule has 0 N–H and O–H groups in total. The monoisotopic (exact) mass is 230 g/mol. The SMILES string of the molecule is COc1cncc(N(C)Cc2cccnc2)n1. The van der Waals surface area contributed by atoms with Crippen molar-refractivity contribution >= 4 is 5.82 Å². The van der Waals surface area contributed by atoms with Gasteiger partial charge >= 0.3 is 0 Å². The highest BCUT2D eigenvalue weighted by Gasteiger charge is 2.05.